The largest absolute Gasteiger partial charge is 0.353 e. The van der Waals surface area contributed by atoms with Crippen LogP contribution in [-0.2, 0) is 11.2 Å². The van der Waals surface area contributed by atoms with Crippen LogP contribution in [0.15, 0.2) is 104 Å². The Morgan fingerprint density at radius 3 is 2.54 bits per heavy atom. The van der Waals surface area contributed by atoms with E-state index < -0.39 is 0 Å². The quantitative estimate of drug-likeness (QED) is 0.222. The first-order valence-electron chi connectivity index (χ1n) is 13.0. The molecule has 5 heterocycles. The maximum absolute atomic E-state index is 14.6. The van der Waals surface area contributed by atoms with E-state index in [2.05, 4.69) is 35.5 Å². The molecule has 2 aromatic carbocycles. The van der Waals surface area contributed by atoms with Crippen LogP contribution < -0.4 is 5.32 Å². The third-order valence-electron chi connectivity index (χ3n) is 6.90. The molecule has 0 radical (unpaired) electrons. The number of aromatic amines is 2. The number of nitrogens with zero attached hydrogens (tertiary/aromatic N) is 4. The summed E-state index contributed by atoms with van der Waals surface area (Å²) in [5.74, 6) is -0.456. The number of hydrogen-bond acceptors (Lipinski definition) is 5. The van der Waals surface area contributed by atoms with Gasteiger partial charge in [-0.3, -0.25) is 24.8 Å². The minimum Gasteiger partial charge on any atom is -0.353 e. The van der Waals surface area contributed by atoms with Crippen LogP contribution in [0.5, 0.6) is 0 Å². The Hall–Kier alpha value is -5.70. The molecular formula is C32H22FN7O. The van der Waals surface area contributed by atoms with Crippen LogP contribution in [0.3, 0.4) is 0 Å². The fourth-order valence-electron chi connectivity index (χ4n) is 4.96. The average molecular weight is 540 g/mol. The van der Waals surface area contributed by atoms with Gasteiger partial charge in [0, 0.05) is 39.8 Å². The summed E-state index contributed by atoms with van der Waals surface area (Å²) in [6.45, 7) is 0. The van der Waals surface area contributed by atoms with Crippen molar-refractivity contribution in [1.82, 2.24) is 30.1 Å². The molecule has 0 spiro atoms. The second-order valence-corrected chi connectivity index (χ2v) is 9.64. The van der Waals surface area contributed by atoms with Crippen molar-refractivity contribution in [3.05, 3.63) is 115 Å². The molecule has 0 fully saturated rings. The summed E-state index contributed by atoms with van der Waals surface area (Å²) < 4.78 is 14.6. The van der Waals surface area contributed by atoms with Gasteiger partial charge >= 0.3 is 0 Å². The van der Waals surface area contributed by atoms with Gasteiger partial charge in [0.05, 0.1) is 47.1 Å². The van der Waals surface area contributed by atoms with E-state index in [1.807, 2.05) is 54.6 Å². The number of aromatic nitrogens is 6. The van der Waals surface area contributed by atoms with Gasteiger partial charge in [-0.2, -0.15) is 5.10 Å². The van der Waals surface area contributed by atoms with Gasteiger partial charge in [-0.1, -0.05) is 42.5 Å². The molecule has 7 rings (SSSR count). The topological polar surface area (TPSA) is 112 Å². The van der Waals surface area contributed by atoms with Crippen molar-refractivity contribution in [2.45, 2.75) is 6.42 Å². The number of H-pyrrole nitrogens is 2. The fraction of sp³-hybridized carbons (Fsp3) is 0.0312. The van der Waals surface area contributed by atoms with E-state index in [-0.39, 0.29) is 18.1 Å². The number of benzene rings is 2. The predicted octanol–water partition coefficient (Wildman–Crippen LogP) is 6.55. The number of carbonyl (C=O) groups excluding carboxylic acids is 1. The highest BCUT2D eigenvalue weighted by Gasteiger charge is 2.17. The van der Waals surface area contributed by atoms with Gasteiger partial charge in [-0.15, -0.1) is 0 Å². The van der Waals surface area contributed by atoms with E-state index >= 15 is 0 Å². The number of nitrogens with one attached hydrogen (secondary N) is 3. The summed E-state index contributed by atoms with van der Waals surface area (Å²) >= 11 is 0. The van der Waals surface area contributed by atoms with Crippen LogP contribution in [0.1, 0.15) is 5.56 Å². The normalized spacial score (nSPS) is 11.2. The first-order chi connectivity index (χ1) is 20.1. The number of carbonyl (C=O) groups is 1. The van der Waals surface area contributed by atoms with E-state index in [0.29, 0.717) is 28.3 Å². The zero-order valence-corrected chi connectivity index (χ0v) is 21.6. The minimum absolute atomic E-state index is 0.126. The molecule has 0 saturated carbocycles. The van der Waals surface area contributed by atoms with Gasteiger partial charge in [-0.05, 0) is 42.0 Å². The molecular weight excluding hydrogens is 517 g/mol. The first kappa shape index (κ1) is 24.3. The molecule has 8 nitrogen and oxygen atoms in total. The highest BCUT2D eigenvalue weighted by molar-refractivity contribution is 6.00. The van der Waals surface area contributed by atoms with Crippen molar-refractivity contribution in [2.75, 3.05) is 5.32 Å². The third kappa shape index (κ3) is 4.70. The Morgan fingerprint density at radius 1 is 0.829 bits per heavy atom. The van der Waals surface area contributed by atoms with Gasteiger partial charge in [0.2, 0.25) is 5.91 Å². The van der Waals surface area contributed by atoms with Crippen LogP contribution in [-0.4, -0.2) is 36.0 Å². The second kappa shape index (κ2) is 10.1. The van der Waals surface area contributed by atoms with Crippen LogP contribution in [0.4, 0.5) is 10.1 Å². The maximum atomic E-state index is 14.6. The number of amides is 1. The molecule has 198 valence electrons. The molecule has 41 heavy (non-hydrogen) atoms. The third-order valence-corrected chi connectivity index (χ3v) is 6.90. The molecule has 0 aliphatic rings. The molecule has 9 heteroatoms. The summed E-state index contributed by atoms with van der Waals surface area (Å²) in [6, 6.07) is 23.7. The Morgan fingerprint density at radius 2 is 1.66 bits per heavy atom. The molecule has 0 aliphatic carbocycles. The van der Waals surface area contributed by atoms with E-state index in [1.54, 1.807) is 43.0 Å². The number of rotatable bonds is 6. The fourth-order valence-corrected chi connectivity index (χ4v) is 4.96. The first-order valence-corrected chi connectivity index (χ1v) is 13.0. The van der Waals surface area contributed by atoms with E-state index in [9.17, 15) is 9.18 Å². The molecule has 0 atom stereocenters. The van der Waals surface area contributed by atoms with Crippen molar-refractivity contribution in [3.8, 4) is 33.9 Å². The van der Waals surface area contributed by atoms with Gasteiger partial charge in [0.15, 0.2) is 0 Å². The molecule has 3 N–H and O–H groups in total. The highest BCUT2D eigenvalue weighted by atomic mass is 19.1. The summed E-state index contributed by atoms with van der Waals surface area (Å²) in [7, 11) is 0. The van der Waals surface area contributed by atoms with E-state index in [1.165, 1.54) is 6.07 Å². The maximum Gasteiger partial charge on any atom is 0.228 e. The Bertz CT molecular complexity index is 2050. The van der Waals surface area contributed by atoms with Crippen molar-refractivity contribution < 1.29 is 9.18 Å². The Balaban J connectivity index is 1.22. The van der Waals surface area contributed by atoms with E-state index in [0.717, 1.165) is 38.6 Å². The highest BCUT2D eigenvalue weighted by Crippen LogP contribution is 2.34. The van der Waals surface area contributed by atoms with Gasteiger partial charge in [0.1, 0.15) is 11.5 Å². The molecule has 1 amide bonds. The standard InChI is InChI=1S/C32H22FN7O/c33-25-9-5-4-8-22(25)31-23-15-28(38-26(23)10-11-35-31)32-24-14-27(36-18-29(24)39-40-32)20-13-21(17-34-16-20)37-30(41)12-19-6-2-1-3-7-19/h1-11,13-18,38H,12H2,(H,37,41)(H,39,40). The van der Waals surface area contributed by atoms with Crippen molar-refractivity contribution >= 4 is 33.4 Å². The number of halogens is 1. The number of pyridine rings is 3. The van der Waals surface area contributed by atoms with Gasteiger partial charge in [-0.25, -0.2) is 4.39 Å². The lowest BCUT2D eigenvalue weighted by Crippen LogP contribution is -2.14. The van der Waals surface area contributed by atoms with Gasteiger partial charge < -0.3 is 10.3 Å². The van der Waals surface area contributed by atoms with Crippen LogP contribution in [0.25, 0.3) is 55.7 Å². The SMILES string of the molecule is O=C(Cc1ccccc1)Nc1cncc(-c2cc3c(-c4cc5c(-c6ccccc6F)nccc5[nH]4)n[nH]c3cn2)c1. The van der Waals surface area contributed by atoms with Crippen LogP contribution in [0.2, 0.25) is 0 Å². The number of anilines is 1. The molecule has 7 aromatic rings. The molecule has 5 aromatic heterocycles. The van der Waals surface area contributed by atoms with Crippen LogP contribution >= 0.6 is 0 Å². The van der Waals surface area contributed by atoms with Gasteiger partial charge in [0.25, 0.3) is 0 Å². The smallest absolute Gasteiger partial charge is 0.228 e. The lowest BCUT2D eigenvalue weighted by molar-refractivity contribution is -0.115. The second-order valence-electron chi connectivity index (χ2n) is 9.64. The van der Waals surface area contributed by atoms with E-state index in [4.69, 9.17) is 0 Å². The lowest BCUT2D eigenvalue weighted by atomic mass is 10.1. The zero-order chi connectivity index (χ0) is 27.8. The van der Waals surface area contributed by atoms with Crippen molar-refractivity contribution in [3.63, 3.8) is 0 Å². The van der Waals surface area contributed by atoms with Crippen LogP contribution in [0, 0.1) is 5.82 Å². The molecule has 0 bridgehead atoms. The van der Waals surface area contributed by atoms with Crippen molar-refractivity contribution in [2.24, 2.45) is 0 Å². The Kier molecular flexibility index (Phi) is 6.01. The molecule has 0 aliphatic heterocycles. The predicted molar refractivity (Wildman–Crippen MR) is 156 cm³/mol. The number of fused-ring (bicyclic) bond motifs is 2. The summed E-state index contributed by atoms with van der Waals surface area (Å²) in [6.07, 6.45) is 6.97. The zero-order valence-electron chi connectivity index (χ0n) is 21.6. The summed E-state index contributed by atoms with van der Waals surface area (Å²) in [5, 5.41) is 12.2. The summed E-state index contributed by atoms with van der Waals surface area (Å²) in [5.41, 5.74) is 6.97. The Labute approximate surface area is 233 Å². The lowest BCUT2D eigenvalue weighted by Gasteiger charge is -2.07. The minimum atomic E-state index is -0.330. The average Bonchev–Trinajstić information content (AvgIpc) is 3.62. The van der Waals surface area contributed by atoms with Crippen molar-refractivity contribution in [1.29, 1.82) is 0 Å². The monoisotopic (exact) mass is 539 g/mol. The molecule has 0 saturated heterocycles. The summed E-state index contributed by atoms with van der Waals surface area (Å²) in [4.78, 5) is 29.4. The molecule has 0 unspecified atom stereocenters. The number of hydrogen-bond donors (Lipinski definition) is 3.